The highest BCUT2D eigenvalue weighted by Crippen LogP contribution is 2.16. The molecule has 0 radical (unpaired) electrons. The number of guanidine groups is 1. The minimum absolute atomic E-state index is 0. The first-order chi connectivity index (χ1) is 11.4. The summed E-state index contributed by atoms with van der Waals surface area (Å²) in [5.41, 5.74) is 3.37. The summed E-state index contributed by atoms with van der Waals surface area (Å²) in [6.45, 7) is 12.9. The third-order valence-electron chi connectivity index (χ3n) is 3.85. The molecule has 2 rings (SSSR count). The van der Waals surface area contributed by atoms with E-state index in [-0.39, 0.29) is 24.0 Å². The topological polar surface area (TPSA) is 67.1 Å². The molecule has 0 spiro atoms. The van der Waals surface area contributed by atoms with Crippen LogP contribution in [0.2, 0.25) is 0 Å². The summed E-state index contributed by atoms with van der Waals surface area (Å²) < 4.78 is 2.07. The fraction of sp³-hybridized carbons (Fsp3) is 0.588. The first-order valence-corrected chi connectivity index (χ1v) is 9.09. The van der Waals surface area contributed by atoms with Gasteiger partial charge in [-0.15, -0.1) is 35.3 Å². The van der Waals surface area contributed by atoms with Crippen molar-refractivity contribution < 1.29 is 0 Å². The molecule has 0 amide bonds. The number of nitrogens with one attached hydrogen (secondary N) is 2. The molecule has 2 heterocycles. The Morgan fingerprint density at radius 2 is 2.00 bits per heavy atom. The van der Waals surface area contributed by atoms with E-state index in [1.165, 1.54) is 10.6 Å². The third kappa shape index (κ3) is 6.58. The molecule has 0 saturated carbocycles. The highest BCUT2D eigenvalue weighted by atomic mass is 127. The van der Waals surface area contributed by atoms with E-state index in [9.17, 15) is 0 Å². The van der Waals surface area contributed by atoms with Crippen molar-refractivity contribution in [3.63, 3.8) is 0 Å². The van der Waals surface area contributed by atoms with E-state index in [0.717, 1.165) is 42.0 Å². The quantitative estimate of drug-likeness (QED) is 0.382. The Morgan fingerprint density at radius 3 is 2.52 bits per heavy atom. The first-order valence-electron chi connectivity index (χ1n) is 8.27. The summed E-state index contributed by atoms with van der Waals surface area (Å²) in [6, 6.07) is 2.11. The maximum Gasteiger partial charge on any atom is 0.191 e. The van der Waals surface area contributed by atoms with Crippen LogP contribution in [0.15, 0.2) is 11.1 Å². The van der Waals surface area contributed by atoms with Crippen LogP contribution < -0.4 is 10.6 Å². The molecule has 8 heteroatoms. The Balaban J connectivity index is 0.00000312. The van der Waals surface area contributed by atoms with Gasteiger partial charge in [0, 0.05) is 30.7 Å². The zero-order valence-corrected chi connectivity index (χ0v) is 19.0. The molecule has 25 heavy (non-hydrogen) atoms. The number of rotatable bonds is 6. The van der Waals surface area contributed by atoms with Crippen LogP contribution in [0.1, 0.15) is 33.9 Å². The van der Waals surface area contributed by atoms with E-state index in [0.29, 0.717) is 5.92 Å². The van der Waals surface area contributed by atoms with Crippen LogP contribution in [0.25, 0.3) is 0 Å². The van der Waals surface area contributed by atoms with Crippen molar-refractivity contribution in [2.75, 3.05) is 13.6 Å². The Morgan fingerprint density at radius 1 is 1.28 bits per heavy atom. The second kappa shape index (κ2) is 10.1. The molecule has 1 unspecified atom stereocenters. The van der Waals surface area contributed by atoms with Crippen molar-refractivity contribution in [2.24, 2.45) is 10.9 Å². The van der Waals surface area contributed by atoms with Crippen LogP contribution in [0.3, 0.4) is 0 Å². The molecule has 0 aliphatic carbocycles. The summed E-state index contributed by atoms with van der Waals surface area (Å²) in [7, 11) is 1.80. The predicted octanol–water partition coefficient (Wildman–Crippen LogP) is 3.19. The second-order valence-electron chi connectivity index (χ2n) is 6.26. The molecule has 0 aromatic carbocycles. The number of thiazole rings is 1. The molecule has 2 N–H and O–H groups in total. The highest BCUT2D eigenvalue weighted by Gasteiger charge is 2.09. The lowest BCUT2D eigenvalue weighted by Gasteiger charge is -2.16. The summed E-state index contributed by atoms with van der Waals surface area (Å²) in [4.78, 5) is 10.0. The van der Waals surface area contributed by atoms with Gasteiger partial charge in [-0.25, -0.2) is 4.98 Å². The Kier molecular flexibility index (Phi) is 8.84. The third-order valence-corrected chi connectivity index (χ3v) is 4.92. The average Bonchev–Trinajstić information content (AvgIpc) is 3.00. The number of halogens is 1. The van der Waals surface area contributed by atoms with E-state index in [2.05, 4.69) is 50.3 Å². The maximum absolute atomic E-state index is 4.52. The highest BCUT2D eigenvalue weighted by molar-refractivity contribution is 14.0. The van der Waals surface area contributed by atoms with Gasteiger partial charge in [0.1, 0.15) is 0 Å². The molecular formula is C17H29IN6S. The van der Waals surface area contributed by atoms with Gasteiger partial charge in [-0.05, 0) is 39.7 Å². The molecule has 0 saturated heterocycles. The summed E-state index contributed by atoms with van der Waals surface area (Å²) in [5, 5.41) is 12.4. The number of hydrogen-bond acceptors (Lipinski definition) is 4. The van der Waals surface area contributed by atoms with Gasteiger partial charge in [0.25, 0.3) is 0 Å². The van der Waals surface area contributed by atoms with E-state index in [4.69, 9.17) is 0 Å². The van der Waals surface area contributed by atoms with Crippen molar-refractivity contribution in [3.8, 4) is 0 Å². The number of hydrogen-bond donors (Lipinski definition) is 2. The van der Waals surface area contributed by atoms with Gasteiger partial charge in [-0.1, -0.05) is 6.92 Å². The van der Waals surface area contributed by atoms with Gasteiger partial charge in [-0.3, -0.25) is 9.67 Å². The van der Waals surface area contributed by atoms with Crippen molar-refractivity contribution in [2.45, 2.75) is 47.7 Å². The standard InChI is InChI=1S/C17H28N6S.HI/c1-11(10-23-13(3)7-12(2)22-23)8-19-17(18-6)20-9-16-14(4)21-15(5)24-16;/h7,11H,8-10H2,1-6H3,(H2,18,19,20);1H. The molecule has 0 fully saturated rings. The molecule has 2 aromatic heterocycles. The molecular weight excluding hydrogens is 447 g/mol. The van der Waals surface area contributed by atoms with Gasteiger partial charge in [0.15, 0.2) is 5.96 Å². The normalized spacial score (nSPS) is 12.6. The van der Waals surface area contributed by atoms with Crippen molar-refractivity contribution in [1.29, 1.82) is 0 Å². The number of nitrogens with zero attached hydrogens (tertiary/aromatic N) is 4. The minimum Gasteiger partial charge on any atom is -0.356 e. The van der Waals surface area contributed by atoms with Crippen LogP contribution in [0, 0.1) is 33.6 Å². The lowest BCUT2D eigenvalue weighted by Crippen LogP contribution is -2.39. The van der Waals surface area contributed by atoms with E-state index >= 15 is 0 Å². The average molecular weight is 476 g/mol. The van der Waals surface area contributed by atoms with Gasteiger partial charge < -0.3 is 10.6 Å². The van der Waals surface area contributed by atoms with Crippen LogP contribution >= 0.6 is 35.3 Å². The second-order valence-corrected chi connectivity index (χ2v) is 7.55. The van der Waals surface area contributed by atoms with E-state index < -0.39 is 0 Å². The zero-order chi connectivity index (χ0) is 17.7. The van der Waals surface area contributed by atoms with Crippen LogP contribution in [-0.4, -0.2) is 34.3 Å². The SMILES string of the molecule is CN=C(NCc1sc(C)nc1C)NCC(C)Cn1nc(C)cc1C.I. The van der Waals surface area contributed by atoms with Crippen molar-refractivity contribution >= 4 is 41.3 Å². The zero-order valence-electron chi connectivity index (χ0n) is 15.9. The van der Waals surface area contributed by atoms with E-state index in [1.54, 1.807) is 18.4 Å². The predicted molar refractivity (Wildman–Crippen MR) is 116 cm³/mol. The van der Waals surface area contributed by atoms with Gasteiger partial charge in [0.05, 0.1) is 22.9 Å². The Bertz CT molecular complexity index is 706. The fourth-order valence-corrected chi connectivity index (χ4v) is 3.49. The molecule has 0 bridgehead atoms. The first kappa shape index (κ1) is 21.9. The maximum atomic E-state index is 4.52. The number of aryl methyl sites for hydroxylation is 4. The van der Waals surface area contributed by atoms with Gasteiger partial charge in [0.2, 0.25) is 0 Å². The van der Waals surface area contributed by atoms with Crippen molar-refractivity contribution in [3.05, 3.63) is 33.0 Å². The molecule has 0 aliphatic heterocycles. The number of aromatic nitrogens is 3. The lowest BCUT2D eigenvalue weighted by molar-refractivity contribution is 0.436. The molecule has 2 aromatic rings. The minimum atomic E-state index is 0. The molecule has 1 atom stereocenters. The van der Waals surface area contributed by atoms with Gasteiger partial charge in [-0.2, -0.15) is 5.10 Å². The van der Waals surface area contributed by atoms with Crippen LogP contribution in [-0.2, 0) is 13.1 Å². The molecule has 140 valence electrons. The summed E-state index contributed by atoms with van der Waals surface area (Å²) >= 11 is 1.73. The Labute approximate surface area is 171 Å². The van der Waals surface area contributed by atoms with Gasteiger partial charge >= 0.3 is 0 Å². The summed E-state index contributed by atoms with van der Waals surface area (Å²) in [6.07, 6.45) is 0. The smallest absolute Gasteiger partial charge is 0.191 e. The van der Waals surface area contributed by atoms with E-state index in [1.807, 2.05) is 20.8 Å². The Hall–Kier alpha value is -1.16. The monoisotopic (exact) mass is 476 g/mol. The molecule has 0 aliphatic rings. The summed E-state index contributed by atoms with van der Waals surface area (Å²) in [5.74, 6) is 1.27. The van der Waals surface area contributed by atoms with Crippen molar-refractivity contribution in [1.82, 2.24) is 25.4 Å². The van der Waals surface area contributed by atoms with Crippen LogP contribution in [0.4, 0.5) is 0 Å². The van der Waals surface area contributed by atoms with Crippen LogP contribution in [0.5, 0.6) is 0 Å². The number of aliphatic imine (C=N–C) groups is 1. The molecule has 6 nitrogen and oxygen atoms in total. The largest absolute Gasteiger partial charge is 0.356 e. The fourth-order valence-electron chi connectivity index (χ4n) is 2.61. The lowest BCUT2D eigenvalue weighted by atomic mass is 10.2.